The molecule has 1 amide bonds. The van der Waals surface area contributed by atoms with E-state index >= 15 is 0 Å². The number of anilines is 1. The van der Waals surface area contributed by atoms with Crippen LogP contribution in [-0.2, 0) is 14.3 Å². The van der Waals surface area contributed by atoms with Gasteiger partial charge in [-0.05, 0) is 18.9 Å². The van der Waals surface area contributed by atoms with Crippen molar-refractivity contribution in [3.05, 3.63) is 33.9 Å². The van der Waals surface area contributed by atoms with Crippen LogP contribution in [0.5, 0.6) is 0 Å². The molecule has 0 radical (unpaired) electrons. The van der Waals surface area contributed by atoms with Crippen molar-refractivity contribution in [2.24, 2.45) is 5.73 Å². The molecule has 0 unspecified atom stereocenters. The van der Waals surface area contributed by atoms with Crippen LogP contribution in [0, 0.1) is 10.1 Å². The average Bonchev–Trinajstić information content (AvgIpc) is 2.54. The molecule has 124 valence electrons. The van der Waals surface area contributed by atoms with Gasteiger partial charge < -0.3 is 20.5 Å². The number of carbonyl (C=O) groups excluding carboxylic acids is 2. The minimum atomic E-state index is -1.10. The number of nitrogens with one attached hydrogen (secondary N) is 1. The van der Waals surface area contributed by atoms with E-state index in [1.807, 2.05) is 0 Å². The second-order valence-electron chi connectivity index (χ2n) is 5.24. The number of esters is 1. The molecule has 1 aromatic carbocycles. The first-order chi connectivity index (χ1) is 10.9. The second-order valence-corrected chi connectivity index (χ2v) is 5.24. The Hall–Kier alpha value is -2.52. The van der Waals surface area contributed by atoms with Gasteiger partial charge in [0.05, 0.1) is 17.6 Å². The molecular formula is C14H17N3O6. The Morgan fingerprint density at radius 1 is 1.35 bits per heavy atom. The van der Waals surface area contributed by atoms with E-state index in [1.165, 1.54) is 6.07 Å². The van der Waals surface area contributed by atoms with Crippen molar-refractivity contribution < 1.29 is 24.0 Å². The van der Waals surface area contributed by atoms with E-state index in [4.69, 9.17) is 10.5 Å². The van der Waals surface area contributed by atoms with Gasteiger partial charge in [-0.3, -0.25) is 14.9 Å². The number of nitrogens with two attached hydrogens (primary N) is 1. The lowest BCUT2D eigenvalue weighted by Gasteiger charge is -2.31. The zero-order chi connectivity index (χ0) is 17.0. The molecule has 1 heterocycles. The molecule has 3 N–H and O–H groups in total. The van der Waals surface area contributed by atoms with Gasteiger partial charge in [-0.1, -0.05) is 0 Å². The fourth-order valence-electron chi connectivity index (χ4n) is 2.24. The summed E-state index contributed by atoms with van der Waals surface area (Å²) in [6, 6.07) is 3.54. The van der Waals surface area contributed by atoms with Crippen LogP contribution >= 0.6 is 0 Å². The van der Waals surface area contributed by atoms with Crippen molar-refractivity contribution in [1.29, 1.82) is 0 Å². The van der Waals surface area contributed by atoms with Gasteiger partial charge in [0.25, 0.3) is 5.69 Å². The Kier molecular flexibility index (Phi) is 4.92. The minimum Gasteiger partial charge on any atom is -0.465 e. The number of nitro benzene ring substituents is 1. The molecule has 1 aliphatic rings. The normalized spacial score (nSPS) is 16.4. The summed E-state index contributed by atoms with van der Waals surface area (Å²) in [5.41, 5.74) is 4.70. The highest BCUT2D eigenvalue weighted by molar-refractivity contribution is 6.00. The van der Waals surface area contributed by atoms with Crippen molar-refractivity contribution in [2.45, 2.75) is 18.4 Å². The average molecular weight is 323 g/mol. The topological polar surface area (TPSA) is 134 Å². The van der Waals surface area contributed by atoms with Gasteiger partial charge in [0.15, 0.2) is 0 Å². The number of nitro groups is 1. The molecule has 0 bridgehead atoms. The Labute approximate surface area is 131 Å². The predicted octanol–water partition coefficient (Wildman–Crippen LogP) is 0.828. The first-order valence-electron chi connectivity index (χ1n) is 6.91. The Morgan fingerprint density at radius 2 is 2.00 bits per heavy atom. The number of nitrogens with zero attached hydrogens (tertiary/aromatic N) is 1. The van der Waals surface area contributed by atoms with Crippen LogP contribution in [0.15, 0.2) is 18.2 Å². The van der Waals surface area contributed by atoms with E-state index < -0.39 is 22.3 Å². The highest BCUT2D eigenvalue weighted by atomic mass is 16.6. The molecule has 0 saturated carbocycles. The highest BCUT2D eigenvalue weighted by Gasteiger charge is 2.36. The lowest BCUT2D eigenvalue weighted by molar-refractivity contribution is -0.384. The summed E-state index contributed by atoms with van der Waals surface area (Å²) in [5.74, 6) is -1.21. The van der Waals surface area contributed by atoms with Crippen LogP contribution in [0.1, 0.15) is 23.2 Å². The third kappa shape index (κ3) is 3.82. The number of amides is 1. The van der Waals surface area contributed by atoms with E-state index in [1.54, 1.807) is 0 Å². The number of ether oxygens (including phenoxy) is 2. The summed E-state index contributed by atoms with van der Waals surface area (Å²) in [7, 11) is 1.16. The predicted molar refractivity (Wildman–Crippen MR) is 80.0 cm³/mol. The van der Waals surface area contributed by atoms with E-state index in [0.717, 1.165) is 19.2 Å². The van der Waals surface area contributed by atoms with Crippen LogP contribution in [0.25, 0.3) is 0 Å². The van der Waals surface area contributed by atoms with Gasteiger partial charge in [-0.2, -0.15) is 0 Å². The van der Waals surface area contributed by atoms with Gasteiger partial charge in [-0.15, -0.1) is 0 Å². The molecule has 0 aliphatic carbocycles. The summed E-state index contributed by atoms with van der Waals surface area (Å²) in [6.45, 7) is 0.735. The van der Waals surface area contributed by atoms with Crippen molar-refractivity contribution in [1.82, 2.24) is 0 Å². The molecule has 0 aromatic heterocycles. The lowest BCUT2D eigenvalue weighted by atomic mass is 9.90. The van der Waals surface area contributed by atoms with Crippen LogP contribution < -0.4 is 11.1 Å². The van der Waals surface area contributed by atoms with Crippen molar-refractivity contribution >= 4 is 23.3 Å². The molecule has 23 heavy (non-hydrogen) atoms. The van der Waals surface area contributed by atoms with E-state index in [-0.39, 0.29) is 16.9 Å². The van der Waals surface area contributed by atoms with Crippen molar-refractivity contribution in [3.63, 3.8) is 0 Å². The van der Waals surface area contributed by atoms with Crippen molar-refractivity contribution in [3.8, 4) is 0 Å². The molecule has 1 saturated heterocycles. The number of hydrogen-bond donors (Lipinski definition) is 2. The number of rotatable bonds is 4. The minimum absolute atomic E-state index is 0.0324. The fourth-order valence-corrected chi connectivity index (χ4v) is 2.24. The van der Waals surface area contributed by atoms with Gasteiger partial charge >= 0.3 is 5.97 Å². The molecule has 1 fully saturated rings. The van der Waals surface area contributed by atoms with E-state index in [2.05, 4.69) is 10.1 Å². The third-order valence-corrected chi connectivity index (χ3v) is 3.64. The van der Waals surface area contributed by atoms with Crippen LogP contribution in [-0.4, -0.2) is 42.7 Å². The summed E-state index contributed by atoms with van der Waals surface area (Å²) in [5, 5.41) is 13.5. The maximum absolute atomic E-state index is 12.3. The number of benzene rings is 1. The van der Waals surface area contributed by atoms with E-state index in [9.17, 15) is 19.7 Å². The Morgan fingerprint density at radius 3 is 2.57 bits per heavy atom. The second kappa shape index (κ2) is 6.71. The van der Waals surface area contributed by atoms with Crippen LogP contribution in [0.2, 0.25) is 0 Å². The molecule has 9 heteroatoms. The molecular weight excluding hydrogens is 306 g/mol. The maximum atomic E-state index is 12.3. The quantitative estimate of drug-likeness (QED) is 0.476. The summed E-state index contributed by atoms with van der Waals surface area (Å²) >= 11 is 0. The largest absolute Gasteiger partial charge is 0.465 e. The van der Waals surface area contributed by atoms with Gasteiger partial charge in [0.2, 0.25) is 5.91 Å². The summed E-state index contributed by atoms with van der Waals surface area (Å²) in [4.78, 5) is 34.2. The standard InChI is InChI=1S/C14H17N3O6/c1-22-12(18)9-6-10(8-11(7-9)17(20)21)16-13(19)14(15)2-4-23-5-3-14/h6-8H,2-5,15H2,1H3,(H,16,19). The first-order valence-corrected chi connectivity index (χ1v) is 6.91. The zero-order valence-electron chi connectivity index (χ0n) is 12.5. The van der Waals surface area contributed by atoms with Crippen LogP contribution in [0.3, 0.4) is 0 Å². The van der Waals surface area contributed by atoms with Gasteiger partial charge in [-0.25, -0.2) is 4.79 Å². The third-order valence-electron chi connectivity index (χ3n) is 3.64. The van der Waals surface area contributed by atoms with Crippen LogP contribution in [0.4, 0.5) is 11.4 Å². The van der Waals surface area contributed by atoms with E-state index in [0.29, 0.717) is 26.1 Å². The summed E-state index contributed by atoms with van der Waals surface area (Å²) < 4.78 is 9.72. The SMILES string of the molecule is COC(=O)c1cc(NC(=O)C2(N)CCOCC2)cc([N+](=O)[O-])c1. The number of methoxy groups -OCH3 is 1. The number of non-ortho nitro benzene ring substituents is 1. The lowest BCUT2D eigenvalue weighted by Crippen LogP contribution is -2.54. The Bertz CT molecular complexity index is 639. The molecule has 1 aromatic rings. The molecule has 0 spiro atoms. The monoisotopic (exact) mass is 323 g/mol. The van der Waals surface area contributed by atoms with Crippen molar-refractivity contribution in [2.75, 3.05) is 25.6 Å². The Balaban J connectivity index is 2.27. The smallest absolute Gasteiger partial charge is 0.338 e. The molecule has 0 atom stereocenters. The summed E-state index contributed by atoms with van der Waals surface area (Å²) in [6.07, 6.45) is 0.690. The number of carbonyl (C=O) groups is 2. The van der Waals surface area contributed by atoms with Gasteiger partial charge in [0, 0.05) is 31.0 Å². The first kappa shape index (κ1) is 16.8. The van der Waals surface area contributed by atoms with Gasteiger partial charge in [0.1, 0.15) is 5.54 Å². The molecule has 1 aliphatic heterocycles. The molecule has 2 rings (SSSR count). The maximum Gasteiger partial charge on any atom is 0.338 e. The number of hydrogen-bond acceptors (Lipinski definition) is 7. The zero-order valence-corrected chi connectivity index (χ0v) is 12.5. The molecule has 9 nitrogen and oxygen atoms in total. The highest BCUT2D eigenvalue weighted by Crippen LogP contribution is 2.24. The fraction of sp³-hybridized carbons (Fsp3) is 0.429.